The van der Waals surface area contributed by atoms with E-state index in [4.69, 9.17) is 4.74 Å². The van der Waals surface area contributed by atoms with Gasteiger partial charge < -0.3 is 10.1 Å². The molecular formula is C26H22Br4N4O4. The summed E-state index contributed by atoms with van der Waals surface area (Å²) in [6.45, 7) is 4.08. The highest BCUT2D eigenvalue weighted by atomic mass is 79.9. The summed E-state index contributed by atoms with van der Waals surface area (Å²) in [5.74, 6) is -0.0677. The van der Waals surface area contributed by atoms with Crippen LogP contribution < -0.4 is 10.1 Å². The Morgan fingerprint density at radius 2 is 1.39 bits per heavy atom. The van der Waals surface area contributed by atoms with Gasteiger partial charge in [0, 0.05) is 47.9 Å². The summed E-state index contributed by atoms with van der Waals surface area (Å²) in [4.78, 5) is 48.0. The van der Waals surface area contributed by atoms with Crippen LogP contribution in [0.1, 0.15) is 57.8 Å². The summed E-state index contributed by atoms with van der Waals surface area (Å²) in [5, 5.41) is 3.14. The molecule has 2 aromatic carbocycles. The van der Waals surface area contributed by atoms with Gasteiger partial charge in [0.15, 0.2) is 0 Å². The second-order valence-corrected chi connectivity index (χ2v) is 11.8. The number of ether oxygens (including phenoxy) is 1. The van der Waals surface area contributed by atoms with Crippen molar-refractivity contribution >= 4 is 93.1 Å². The number of nitrogens with zero attached hydrogens (tertiary/aromatic N) is 3. The standard InChI is InChI=1S/C26H22Br4N4O4/c1-13-12-14(2)32-26(31-13)33-15-7-9-16(10-8-15)38-17(35)6-4-3-5-11-34-24(36)18-19(25(34)37)21(28)23(30)22(29)20(18)27/h7-10,12H,3-6,11H2,1-2H3,(H,31,32,33). The van der Waals surface area contributed by atoms with Crippen LogP contribution >= 0.6 is 63.7 Å². The van der Waals surface area contributed by atoms with Gasteiger partial charge in [-0.05, 0) is 121 Å². The molecule has 1 aliphatic rings. The van der Waals surface area contributed by atoms with E-state index in [1.54, 1.807) is 24.3 Å². The molecule has 0 saturated heterocycles. The topological polar surface area (TPSA) is 101 Å². The highest BCUT2D eigenvalue weighted by Gasteiger charge is 2.40. The first-order valence-corrected chi connectivity index (χ1v) is 14.9. The number of fused-ring (bicyclic) bond motifs is 1. The number of hydrogen-bond donors (Lipinski definition) is 1. The summed E-state index contributed by atoms with van der Waals surface area (Å²) in [7, 11) is 0. The fraction of sp³-hybridized carbons (Fsp3) is 0.269. The van der Waals surface area contributed by atoms with E-state index in [1.165, 1.54) is 4.90 Å². The van der Waals surface area contributed by atoms with Crippen molar-refractivity contribution in [1.29, 1.82) is 0 Å². The number of amides is 2. The molecule has 1 aliphatic heterocycles. The third kappa shape index (κ3) is 6.35. The Morgan fingerprint density at radius 1 is 0.842 bits per heavy atom. The molecule has 0 unspecified atom stereocenters. The first-order chi connectivity index (χ1) is 18.1. The lowest BCUT2D eigenvalue weighted by molar-refractivity contribution is -0.134. The summed E-state index contributed by atoms with van der Waals surface area (Å²) in [5.41, 5.74) is 3.20. The first-order valence-electron chi connectivity index (χ1n) is 11.7. The predicted octanol–water partition coefficient (Wildman–Crippen LogP) is 7.65. The molecule has 1 aromatic heterocycles. The zero-order valence-corrected chi connectivity index (χ0v) is 26.8. The van der Waals surface area contributed by atoms with Gasteiger partial charge in [-0.25, -0.2) is 9.97 Å². The zero-order valence-electron chi connectivity index (χ0n) is 20.4. The van der Waals surface area contributed by atoms with Crippen LogP contribution in [0.5, 0.6) is 5.75 Å². The molecule has 0 spiro atoms. The number of esters is 1. The van der Waals surface area contributed by atoms with Gasteiger partial charge in [-0.15, -0.1) is 0 Å². The minimum absolute atomic E-state index is 0.232. The molecule has 12 heteroatoms. The fourth-order valence-electron chi connectivity index (χ4n) is 4.01. The molecule has 0 fully saturated rings. The van der Waals surface area contributed by atoms with Gasteiger partial charge in [0.25, 0.3) is 11.8 Å². The SMILES string of the molecule is Cc1cc(C)nc(Nc2ccc(OC(=O)CCCCCN3C(=O)c4c(Br)c(Br)c(Br)c(Br)c4C3=O)cc2)n1. The number of carbonyl (C=O) groups is 3. The van der Waals surface area contributed by atoms with Crippen LogP contribution in [0.3, 0.4) is 0 Å². The van der Waals surface area contributed by atoms with Crippen molar-refractivity contribution in [3.8, 4) is 5.75 Å². The Labute approximate surface area is 253 Å². The van der Waals surface area contributed by atoms with E-state index in [9.17, 15) is 14.4 Å². The van der Waals surface area contributed by atoms with E-state index in [-0.39, 0.29) is 30.7 Å². The Hall–Kier alpha value is -2.15. The normalized spacial score (nSPS) is 12.6. The van der Waals surface area contributed by atoms with Crippen LogP contribution in [0, 0.1) is 13.8 Å². The number of anilines is 2. The van der Waals surface area contributed by atoms with Crippen molar-refractivity contribution in [2.45, 2.75) is 39.5 Å². The maximum atomic E-state index is 12.9. The van der Waals surface area contributed by atoms with Crippen LogP contribution in [0.25, 0.3) is 0 Å². The van der Waals surface area contributed by atoms with E-state index in [1.807, 2.05) is 19.9 Å². The second-order valence-electron chi connectivity index (χ2n) is 8.68. The number of rotatable bonds is 9. The summed E-state index contributed by atoms with van der Waals surface area (Å²) in [6, 6.07) is 8.89. The molecule has 38 heavy (non-hydrogen) atoms. The highest BCUT2D eigenvalue weighted by molar-refractivity contribution is 9.15. The van der Waals surface area contributed by atoms with Crippen LogP contribution in [-0.2, 0) is 4.79 Å². The molecule has 3 aromatic rings. The molecule has 198 valence electrons. The molecule has 4 rings (SSSR count). The fourth-order valence-corrected chi connectivity index (χ4v) is 6.47. The van der Waals surface area contributed by atoms with Gasteiger partial charge in [-0.1, -0.05) is 6.42 Å². The number of aryl methyl sites for hydroxylation is 2. The molecule has 2 heterocycles. The number of nitrogens with one attached hydrogen (secondary N) is 1. The Bertz CT molecular complexity index is 1360. The molecular weight excluding hydrogens is 752 g/mol. The summed E-state index contributed by atoms with van der Waals surface area (Å²) >= 11 is 13.7. The van der Waals surface area contributed by atoms with Gasteiger partial charge >= 0.3 is 5.97 Å². The minimum Gasteiger partial charge on any atom is -0.427 e. The average Bonchev–Trinajstić information content (AvgIpc) is 3.11. The predicted molar refractivity (Wildman–Crippen MR) is 158 cm³/mol. The van der Waals surface area contributed by atoms with Crippen molar-refractivity contribution in [2.75, 3.05) is 11.9 Å². The first kappa shape index (κ1) is 28.8. The lowest BCUT2D eigenvalue weighted by Gasteiger charge is -2.13. The largest absolute Gasteiger partial charge is 0.427 e. The third-order valence-corrected chi connectivity index (χ3v) is 10.5. The van der Waals surface area contributed by atoms with Gasteiger partial charge in [0.2, 0.25) is 5.95 Å². The van der Waals surface area contributed by atoms with Gasteiger partial charge in [-0.3, -0.25) is 19.3 Å². The molecule has 0 aliphatic carbocycles. The van der Waals surface area contributed by atoms with Crippen LogP contribution in [0.4, 0.5) is 11.6 Å². The molecule has 1 N–H and O–H groups in total. The van der Waals surface area contributed by atoms with E-state index < -0.39 is 0 Å². The van der Waals surface area contributed by atoms with E-state index in [0.717, 1.165) is 17.1 Å². The maximum Gasteiger partial charge on any atom is 0.311 e. The number of hydrogen-bond acceptors (Lipinski definition) is 7. The number of aromatic nitrogens is 2. The molecule has 0 saturated carbocycles. The maximum absolute atomic E-state index is 12.9. The van der Waals surface area contributed by atoms with Gasteiger partial charge in [0.05, 0.1) is 11.1 Å². The molecule has 0 atom stereocenters. The average molecular weight is 774 g/mol. The molecule has 0 bridgehead atoms. The van der Waals surface area contributed by atoms with E-state index >= 15 is 0 Å². The van der Waals surface area contributed by atoms with Crippen LogP contribution in [-0.4, -0.2) is 39.2 Å². The van der Waals surface area contributed by atoms with Crippen molar-refractivity contribution in [3.63, 3.8) is 0 Å². The number of unbranched alkanes of at least 4 members (excludes halogenated alkanes) is 2. The zero-order chi connectivity index (χ0) is 27.6. The Balaban J connectivity index is 1.22. The Morgan fingerprint density at radius 3 is 1.95 bits per heavy atom. The van der Waals surface area contributed by atoms with E-state index in [2.05, 4.69) is 79.0 Å². The van der Waals surface area contributed by atoms with Gasteiger partial charge in [0.1, 0.15) is 5.75 Å². The quantitative estimate of drug-likeness (QED) is 0.0596. The smallest absolute Gasteiger partial charge is 0.311 e. The molecule has 8 nitrogen and oxygen atoms in total. The number of imide groups is 1. The third-order valence-electron chi connectivity index (χ3n) is 5.77. The number of carbonyl (C=O) groups excluding carboxylic acids is 3. The summed E-state index contributed by atoms with van der Waals surface area (Å²) in [6.07, 6.45) is 2.06. The number of benzene rings is 2. The second kappa shape index (κ2) is 12.4. The van der Waals surface area contributed by atoms with Crippen molar-refractivity contribution in [2.24, 2.45) is 0 Å². The lowest BCUT2D eigenvalue weighted by Crippen LogP contribution is -2.30. The van der Waals surface area contributed by atoms with Crippen molar-refractivity contribution in [1.82, 2.24) is 14.9 Å². The van der Waals surface area contributed by atoms with Crippen LogP contribution in [0.2, 0.25) is 0 Å². The monoisotopic (exact) mass is 770 g/mol. The van der Waals surface area contributed by atoms with Crippen LogP contribution in [0.15, 0.2) is 48.2 Å². The number of halogens is 4. The molecule has 2 amide bonds. The van der Waals surface area contributed by atoms with Crippen molar-refractivity contribution < 1.29 is 19.1 Å². The minimum atomic E-state index is -0.341. The van der Waals surface area contributed by atoms with Crippen molar-refractivity contribution in [3.05, 3.63) is 70.7 Å². The highest BCUT2D eigenvalue weighted by Crippen LogP contribution is 2.45. The molecule has 0 radical (unpaired) electrons. The van der Waals surface area contributed by atoms with E-state index in [0.29, 0.717) is 60.0 Å². The summed E-state index contributed by atoms with van der Waals surface area (Å²) < 4.78 is 7.82. The lowest BCUT2D eigenvalue weighted by atomic mass is 10.1. The van der Waals surface area contributed by atoms with Gasteiger partial charge in [-0.2, -0.15) is 0 Å². The Kier molecular flexibility index (Phi) is 9.38.